The van der Waals surface area contributed by atoms with Gasteiger partial charge in [-0.15, -0.1) is 0 Å². The van der Waals surface area contributed by atoms with Crippen LogP contribution in [0.3, 0.4) is 0 Å². The normalized spacial score (nSPS) is 20.9. The molecule has 1 atom stereocenters. The lowest BCUT2D eigenvalue weighted by molar-refractivity contribution is -0.0240. The first-order chi connectivity index (χ1) is 8.72. The molecule has 1 N–H and O–H groups in total. The zero-order valence-corrected chi connectivity index (χ0v) is 11.6. The minimum atomic E-state index is -0.0785. The minimum Gasteiger partial charge on any atom is -0.395 e. The summed E-state index contributed by atoms with van der Waals surface area (Å²) in [6.45, 7) is 2.11. The number of carbonyl (C=O) groups excluding carboxylic acids is 1. The van der Waals surface area contributed by atoms with Gasteiger partial charge in [0.15, 0.2) is 5.78 Å². The van der Waals surface area contributed by atoms with Crippen molar-refractivity contribution in [1.82, 2.24) is 4.90 Å². The molecule has 18 heavy (non-hydrogen) atoms. The number of hydrogen-bond acceptors (Lipinski definition) is 4. The van der Waals surface area contributed by atoms with Gasteiger partial charge in [-0.25, -0.2) is 0 Å². The summed E-state index contributed by atoms with van der Waals surface area (Å²) in [5.74, 6) is 0.0582. The van der Waals surface area contributed by atoms with Crippen LogP contribution in [0.2, 0.25) is 0 Å². The van der Waals surface area contributed by atoms with Crippen molar-refractivity contribution in [3.8, 4) is 0 Å². The van der Waals surface area contributed by atoms with E-state index in [0.29, 0.717) is 31.9 Å². The van der Waals surface area contributed by atoms with Crippen LogP contribution in [0, 0.1) is 0 Å². The Morgan fingerprint density at radius 2 is 2.28 bits per heavy atom. The molecular formula is C13H16BrNO3. The fourth-order valence-electron chi connectivity index (χ4n) is 2.02. The largest absolute Gasteiger partial charge is 0.395 e. The number of ether oxygens (including phenoxy) is 1. The third-order valence-electron chi connectivity index (χ3n) is 3.08. The molecule has 4 nitrogen and oxygen atoms in total. The molecular weight excluding hydrogens is 298 g/mol. The molecule has 1 aliphatic heterocycles. The number of halogens is 1. The Hall–Kier alpha value is -0.750. The smallest absolute Gasteiger partial charge is 0.177 e. The molecule has 1 aromatic carbocycles. The summed E-state index contributed by atoms with van der Waals surface area (Å²) >= 11 is 3.38. The summed E-state index contributed by atoms with van der Waals surface area (Å²) in [6.07, 6.45) is 0. The van der Waals surface area contributed by atoms with Crippen LogP contribution in [0.4, 0.5) is 0 Å². The first-order valence-corrected chi connectivity index (χ1v) is 6.72. The second-order valence-corrected chi connectivity index (χ2v) is 5.14. The van der Waals surface area contributed by atoms with Gasteiger partial charge in [0.2, 0.25) is 0 Å². The molecule has 1 fully saturated rings. The molecule has 1 aromatic rings. The number of ketones is 1. The highest BCUT2D eigenvalue weighted by atomic mass is 79.9. The number of aliphatic hydroxyl groups is 1. The molecule has 1 saturated heterocycles. The monoisotopic (exact) mass is 313 g/mol. The molecule has 0 bridgehead atoms. The average Bonchev–Trinajstić information content (AvgIpc) is 2.39. The Bertz CT molecular complexity index is 424. The number of rotatable bonds is 4. The van der Waals surface area contributed by atoms with E-state index in [4.69, 9.17) is 4.74 Å². The van der Waals surface area contributed by atoms with E-state index < -0.39 is 0 Å². The van der Waals surface area contributed by atoms with Gasteiger partial charge in [0, 0.05) is 16.6 Å². The first-order valence-electron chi connectivity index (χ1n) is 5.92. The highest BCUT2D eigenvalue weighted by Gasteiger charge is 2.24. The van der Waals surface area contributed by atoms with Gasteiger partial charge in [-0.3, -0.25) is 9.69 Å². The van der Waals surface area contributed by atoms with Crippen molar-refractivity contribution in [2.45, 2.75) is 6.04 Å². The van der Waals surface area contributed by atoms with Crippen LogP contribution < -0.4 is 0 Å². The lowest BCUT2D eigenvalue weighted by Crippen LogP contribution is -2.49. The van der Waals surface area contributed by atoms with E-state index in [9.17, 15) is 9.90 Å². The molecule has 0 aromatic heterocycles. The van der Waals surface area contributed by atoms with Crippen molar-refractivity contribution in [3.63, 3.8) is 0 Å². The Morgan fingerprint density at radius 1 is 1.50 bits per heavy atom. The van der Waals surface area contributed by atoms with Gasteiger partial charge in [0.25, 0.3) is 0 Å². The van der Waals surface area contributed by atoms with Crippen LogP contribution in [-0.4, -0.2) is 54.7 Å². The van der Waals surface area contributed by atoms with Crippen LogP contribution in [0.5, 0.6) is 0 Å². The maximum absolute atomic E-state index is 12.2. The van der Waals surface area contributed by atoms with E-state index in [2.05, 4.69) is 15.9 Å². The number of hydrogen-bond donors (Lipinski definition) is 1. The van der Waals surface area contributed by atoms with Gasteiger partial charge in [-0.05, 0) is 6.07 Å². The lowest BCUT2D eigenvalue weighted by Gasteiger charge is -2.33. The Labute approximate surface area is 115 Å². The molecule has 98 valence electrons. The fourth-order valence-corrected chi connectivity index (χ4v) is 2.53. The Kier molecular flexibility index (Phi) is 4.88. The second kappa shape index (κ2) is 6.43. The lowest BCUT2D eigenvalue weighted by atomic mass is 10.1. The Morgan fingerprint density at radius 3 is 3.00 bits per heavy atom. The molecule has 5 heteroatoms. The number of carbonyl (C=O) groups is 1. The van der Waals surface area contributed by atoms with Crippen molar-refractivity contribution in [2.75, 3.05) is 32.9 Å². The summed E-state index contributed by atoms with van der Waals surface area (Å²) < 4.78 is 6.10. The average molecular weight is 314 g/mol. The van der Waals surface area contributed by atoms with Crippen LogP contribution in [-0.2, 0) is 4.74 Å². The zero-order valence-electron chi connectivity index (χ0n) is 10.0. The number of morpholine rings is 1. The van der Waals surface area contributed by atoms with E-state index >= 15 is 0 Å². The van der Waals surface area contributed by atoms with Gasteiger partial charge in [-0.1, -0.05) is 34.1 Å². The summed E-state index contributed by atoms with van der Waals surface area (Å²) in [6, 6.07) is 7.31. The van der Waals surface area contributed by atoms with Crippen LogP contribution in [0.1, 0.15) is 10.4 Å². The van der Waals surface area contributed by atoms with E-state index in [-0.39, 0.29) is 18.4 Å². The maximum atomic E-state index is 12.2. The quantitative estimate of drug-likeness (QED) is 0.852. The minimum absolute atomic E-state index is 0.0171. The number of benzene rings is 1. The molecule has 0 radical (unpaired) electrons. The Balaban J connectivity index is 2.04. The molecule has 0 aliphatic carbocycles. The summed E-state index contributed by atoms with van der Waals surface area (Å²) in [5.41, 5.74) is 0.681. The van der Waals surface area contributed by atoms with Gasteiger partial charge < -0.3 is 9.84 Å². The van der Waals surface area contributed by atoms with Gasteiger partial charge in [0.05, 0.1) is 32.4 Å². The highest BCUT2D eigenvalue weighted by Crippen LogP contribution is 2.17. The van der Waals surface area contributed by atoms with Gasteiger partial charge in [-0.2, -0.15) is 0 Å². The highest BCUT2D eigenvalue weighted by molar-refractivity contribution is 9.10. The zero-order chi connectivity index (χ0) is 13.0. The predicted molar refractivity (Wildman–Crippen MR) is 71.7 cm³/mol. The van der Waals surface area contributed by atoms with Crippen molar-refractivity contribution < 1.29 is 14.6 Å². The molecule has 1 aliphatic rings. The van der Waals surface area contributed by atoms with Crippen molar-refractivity contribution in [3.05, 3.63) is 34.3 Å². The number of nitrogens with zero attached hydrogens (tertiary/aromatic N) is 1. The van der Waals surface area contributed by atoms with Crippen molar-refractivity contribution in [2.24, 2.45) is 0 Å². The van der Waals surface area contributed by atoms with Crippen LogP contribution in [0.25, 0.3) is 0 Å². The second-order valence-electron chi connectivity index (χ2n) is 4.28. The molecule has 0 spiro atoms. The maximum Gasteiger partial charge on any atom is 0.177 e. The number of Topliss-reactive ketones (excluding diaryl/α,β-unsaturated/α-hetero) is 1. The molecule has 1 unspecified atom stereocenters. The predicted octanol–water partition coefficient (Wildman–Crippen LogP) is 1.32. The fraction of sp³-hybridized carbons (Fsp3) is 0.462. The summed E-state index contributed by atoms with van der Waals surface area (Å²) in [4.78, 5) is 14.2. The van der Waals surface area contributed by atoms with E-state index in [1.807, 2.05) is 23.1 Å². The first kappa shape index (κ1) is 13.7. The summed E-state index contributed by atoms with van der Waals surface area (Å²) in [5, 5.41) is 9.26. The van der Waals surface area contributed by atoms with Crippen LogP contribution >= 0.6 is 15.9 Å². The van der Waals surface area contributed by atoms with Crippen molar-refractivity contribution >= 4 is 21.7 Å². The van der Waals surface area contributed by atoms with E-state index in [1.54, 1.807) is 6.07 Å². The van der Waals surface area contributed by atoms with Crippen molar-refractivity contribution in [1.29, 1.82) is 0 Å². The molecule has 2 rings (SSSR count). The van der Waals surface area contributed by atoms with Gasteiger partial charge in [0.1, 0.15) is 0 Å². The molecule has 0 amide bonds. The van der Waals surface area contributed by atoms with Gasteiger partial charge >= 0.3 is 0 Å². The summed E-state index contributed by atoms with van der Waals surface area (Å²) in [7, 11) is 0. The number of aliphatic hydroxyl groups excluding tert-OH is 1. The standard InChI is InChI=1S/C13H16BrNO3/c14-12-4-2-1-3-11(12)13(17)7-15-5-6-18-9-10(15)8-16/h1-4,10,16H,5-9H2. The molecule has 0 saturated carbocycles. The third kappa shape index (κ3) is 3.17. The topological polar surface area (TPSA) is 49.8 Å². The van der Waals surface area contributed by atoms with Crippen LogP contribution in [0.15, 0.2) is 28.7 Å². The SMILES string of the molecule is O=C(CN1CCOCC1CO)c1ccccc1Br. The van der Waals surface area contributed by atoms with E-state index in [0.717, 1.165) is 4.47 Å². The third-order valence-corrected chi connectivity index (χ3v) is 3.77. The van der Waals surface area contributed by atoms with E-state index in [1.165, 1.54) is 0 Å². The molecule has 1 heterocycles.